The number of rotatable bonds is 12. The summed E-state index contributed by atoms with van der Waals surface area (Å²) in [6, 6.07) is 12.3. The standard InChI is InChI=1S/C25H31ClFN3O4/c1-4-19-13-30(29-28-19)14-21(32)16-33-22-8-5-17(6-9-22)25(2,3)18-7-10-24(23(27)11-18)34-15-20(31)12-26/h5-11,13,20-21,31-32H,4,12,14-16H2,1-3H3/t20-,21+/m0/s1. The van der Waals surface area contributed by atoms with E-state index in [1.165, 1.54) is 6.07 Å². The van der Waals surface area contributed by atoms with Gasteiger partial charge in [0, 0.05) is 11.6 Å². The number of nitrogens with zero attached hydrogens (tertiary/aromatic N) is 3. The Balaban J connectivity index is 1.59. The zero-order valence-electron chi connectivity index (χ0n) is 19.6. The second-order valence-corrected chi connectivity index (χ2v) is 8.97. The summed E-state index contributed by atoms with van der Waals surface area (Å²) in [5.41, 5.74) is 2.15. The number of hydrogen-bond acceptors (Lipinski definition) is 6. The highest BCUT2D eigenvalue weighted by Crippen LogP contribution is 2.34. The molecule has 3 aromatic rings. The minimum atomic E-state index is -0.851. The largest absolute Gasteiger partial charge is 0.491 e. The molecule has 1 heterocycles. The topological polar surface area (TPSA) is 89.6 Å². The predicted molar refractivity (Wildman–Crippen MR) is 128 cm³/mol. The van der Waals surface area contributed by atoms with Gasteiger partial charge in [0.2, 0.25) is 0 Å². The van der Waals surface area contributed by atoms with Crippen molar-refractivity contribution < 1.29 is 24.1 Å². The maximum atomic E-state index is 14.6. The van der Waals surface area contributed by atoms with E-state index in [0.29, 0.717) is 12.3 Å². The van der Waals surface area contributed by atoms with Gasteiger partial charge in [0.1, 0.15) is 31.2 Å². The first-order chi connectivity index (χ1) is 16.2. The first kappa shape index (κ1) is 25.9. The number of alkyl halides is 1. The zero-order chi connectivity index (χ0) is 24.7. The minimum Gasteiger partial charge on any atom is -0.491 e. The summed E-state index contributed by atoms with van der Waals surface area (Å²) in [5.74, 6) is 0.217. The molecule has 3 rings (SSSR count). The Morgan fingerprint density at radius 1 is 1.03 bits per heavy atom. The highest BCUT2D eigenvalue weighted by atomic mass is 35.5. The molecule has 0 saturated heterocycles. The fraction of sp³-hybridized carbons (Fsp3) is 0.440. The molecule has 0 bridgehead atoms. The van der Waals surface area contributed by atoms with E-state index in [1.54, 1.807) is 16.8 Å². The average molecular weight is 492 g/mol. The van der Waals surface area contributed by atoms with E-state index in [9.17, 15) is 14.6 Å². The lowest BCUT2D eigenvalue weighted by Gasteiger charge is -2.27. The third-order valence-electron chi connectivity index (χ3n) is 5.63. The molecule has 0 saturated carbocycles. The van der Waals surface area contributed by atoms with Crippen LogP contribution < -0.4 is 9.47 Å². The first-order valence-electron chi connectivity index (χ1n) is 11.2. The van der Waals surface area contributed by atoms with Gasteiger partial charge >= 0.3 is 0 Å². The summed E-state index contributed by atoms with van der Waals surface area (Å²) >= 11 is 5.54. The van der Waals surface area contributed by atoms with Crippen molar-refractivity contribution in [3.8, 4) is 11.5 Å². The van der Waals surface area contributed by atoms with Crippen LogP contribution in [0.1, 0.15) is 37.6 Å². The molecule has 0 unspecified atom stereocenters. The van der Waals surface area contributed by atoms with Gasteiger partial charge in [-0.05, 0) is 41.8 Å². The van der Waals surface area contributed by atoms with E-state index in [4.69, 9.17) is 21.1 Å². The van der Waals surface area contributed by atoms with E-state index in [1.807, 2.05) is 51.2 Å². The van der Waals surface area contributed by atoms with Crippen molar-refractivity contribution in [2.45, 2.75) is 51.4 Å². The van der Waals surface area contributed by atoms with Crippen molar-refractivity contribution in [2.75, 3.05) is 19.1 Å². The molecule has 184 valence electrons. The van der Waals surface area contributed by atoms with Gasteiger partial charge in [-0.1, -0.05) is 44.2 Å². The van der Waals surface area contributed by atoms with Crippen LogP contribution in [0.4, 0.5) is 4.39 Å². The summed E-state index contributed by atoms with van der Waals surface area (Å²) in [4.78, 5) is 0. The lowest BCUT2D eigenvalue weighted by molar-refractivity contribution is 0.0888. The van der Waals surface area contributed by atoms with Crippen LogP contribution in [0.3, 0.4) is 0 Å². The molecule has 0 fully saturated rings. The van der Waals surface area contributed by atoms with Gasteiger partial charge in [0.05, 0.1) is 18.1 Å². The number of ether oxygens (including phenoxy) is 2. The van der Waals surface area contributed by atoms with Crippen LogP contribution in [0, 0.1) is 5.82 Å². The van der Waals surface area contributed by atoms with Crippen molar-refractivity contribution in [1.29, 1.82) is 0 Å². The van der Waals surface area contributed by atoms with E-state index < -0.39 is 23.4 Å². The fourth-order valence-electron chi connectivity index (χ4n) is 3.42. The molecule has 0 aliphatic rings. The normalized spacial score (nSPS) is 13.5. The number of aromatic nitrogens is 3. The van der Waals surface area contributed by atoms with E-state index in [-0.39, 0.29) is 24.8 Å². The van der Waals surface area contributed by atoms with Crippen molar-refractivity contribution in [3.63, 3.8) is 0 Å². The van der Waals surface area contributed by atoms with E-state index in [0.717, 1.165) is 23.2 Å². The summed E-state index contributed by atoms with van der Waals surface area (Å²) < 4.78 is 27.2. The Labute approximate surface area is 204 Å². The quantitative estimate of drug-likeness (QED) is 0.375. The number of aliphatic hydroxyl groups excluding tert-OH is 2. The molecule has 34 heavy (non-hydrogen) atoms. The highest BCUT2D eigenvalue weighted by Gasteiger charge is 2.25. The molecule has 1 aromatic heterocycles. The van der Waals surface area contributed by atoms with Gasteiger partial charge in [-0.25, -0.2) is 9.07 Å². The SMILES string of the molecule is CCc1cn(C[C@@H](O)COc2ccc(C(C)(C)c3ccc(OC[C@@H](O)CCl)c(F)c3)cc2)nn1. The Morgan fingerprint density at radius 3 is 2.32 bits per heavy atom. The Bertz CT molecular complexity index is 1060. The molecule has 0 amide bonds. The van der Waals surface area contributed by atoms with Crippen molar-refractivity contribution in [3.05, 3.63) is 71.3 Å². The van der Waals surface area contributed by atoms with Crippen molar-refractivity contribution in [2.24, 2.45) is 0 Å². The molecule has 2 atom stereocenters. The van der Waals surface area contributed by atoms with Crippen molar-refractivity contribution >= 4 is 11.6 Å². The Kier molecular flexibility index (Phi) is 8.88. The van der Waals surface area contributed by atoms with Gasteiger partial charge in [-0.15, -0.1) is 16.7 Å². The van der Waals surface area contributed by atoms with Gasteiger partial charge in [0.15, 0.2) is 11.6 Å². The summed E-state index contributed by atoms with van der Waals surface area (Å²) in [6.07, 6.45) is 1.02. The highest BCUT2D eigenvalue weighted by molar-refractivity contribution is 6.18. The van der Waals surface area contributed by atoms with Crippen LogP contribution in [0.5, 0.6) is 11.5 Å². The average Bonchev–Trinajstić information content (AvgIpc) is 3.29. The number of hydrogen-bond donors (Lipinski definition) is 2. The monoisotopic (exact) mass is 491 g/mol. The van der Waals surface area contributed by atoms with Crippen LogP contribution in [0.2, 0.25) is 0 Å². The molecular formula is C25H31ClFN3O4. The molecule has 0 aliphatic heterocycles. The minimum absolute atomic E-state index is 0.0209. The molecule has 0 aliphatic carbocycles. The Hall–Kier alpha value is -2.68. The molecule has 0 spiro atoms. The van der Waals surface area contributed by atoms with Gasteiger partial charge in [-0.3, -0.25) is 0 Å². The van der Waals surface area contributed by atoms with Crippen LogP contribution >= 0.6 is 11.6 Å². The number of benzene rings is 2. The number of aryl methyl sites for hydroxylation is 1. The zero-order valence-corrected chi connectivity index (χ0v) is 20.4. The Morgan fingerprint density at radius 2 is 1.71 bits per heavy atom. The third-order valence-corrected chi connectivity index (χ3v) is 5.98. The van der Waals surface area contributed by atoms with Gasteiger partial charge < -0.3 is 19.7 Å². The van der Waals surface area contributed by atoms with Crippen LogP contribution in [-0.4, -0.2) is 56.5 Å². The number of halogens is 2. The fourth-order valence-corrected chi connectivity index (χ4v) is 3.51. The maximum absolute atomic E-state index is 14.6. The molecule has 7 nitrogen and oxygen atoms in total. The van der Waals surface area contributed by atoms with Crippen LogP contribution in [0.25, 0.3) is 0 Å². The van der Waals surface area contributed by atoms with E-state index >= 15 is 0 Å². The second-order valence-electron chi connectivity index (χ2n) is 8.66. The van der Waals surface area contributed by atoms with Gasteiger partial charge in [0.25, 0.3) is 0 Å². The smallest absolute Gasteiger partial charge is 0.165 e. The molecular weight excluding hydrogens is 461 g/mol. The third kappa shape index (κ3) is 6.68. The molecule has 0 radical (unpaired) electrons. The van der Waals surface area contributed by atoms with Gasteiger partial charge in [-0.2, -0.15) is 0 Å². The molecule has 9 heteroatoms. The molecule has 2 aromatic carbocycles. The van der Waals surface area contributed by atoms with Crippen LogP contribution in [-0.2, 0) is 18.4 Å². The first-order valence-corrected chi connectivity index (χ1v) is 11.7. The summed E-state index contributed by atoms with van der Waals surface area (Å²) in [7, 11) is 0. The summed E-state index contributed by atoms with van der Waals surface area (Å²) in [5, 5.41) is 27.7. The second kappa shape index (κ2) is 11.6. The maximum Gasteiger partial charge on any atom is 0.165 e. The lowest BCUT2D eigenvalue weighted by atomic mass is 9.78. The predicted octanol–water partition coefficient (Wildman–Crippen LogP) is 3.72. The van der Waals surface area contributed by atoms with Crippen LogP contribution in [0.15, 0.2) is 48.7 Å². The number of aliphatic hydroxyl groups is 2. The lowest BCUT2D eigenvalue weighted by Crippen LogP contribution is -2.24. The van der Waals surface area contributed by atoms with Crippen molar-refractivity contribution in [1.82, 2.24) is 15.0 Å². The van der Waals surface area contributed by atoms with E-state index in [2.05, 4.69) is 10.3 Å². The summed E-state index contributed by atoms with van der Waals surface area (Å²) in [6.45, 7) is 6.35. The molecule has 2 N–H and O–H groups in total.